The van der Waals surface area contributed by atoms with E-state index in [4.69, 9.17) is 0 Å². The van der Waals surface area contributed by atoms with Gasteiger partial charge in [0.25, 0.3) is 0 Å². The van der Waals surface area contributed by atoms with Crippen LogP contribution in [0.1, 0.15) is 329 Å². The summed E-state index contributed by atoms with van der Waals surface area (Å²) in [4.78, 5) is 30.7. The van der Waals surface area contributed by atoms with Crippen molar-refractivity contribution in [1.82, 2.24) is 0 Å². The molecule has 0 aromatic heterocycles. The van der Waals surface area contributed by atoms with Crippen molar-refractivity contribution in [2.24, 2.45) is 0 Å². The van der Waals surface area contributed by atoms with Gasteiger partial charge in [0.05, 0.1) is 0 Å². The molecule has 0 spiro atoms. The molecule has 0 atom stereocenters. The Bertz CT molecular complexity index is 724. The van der Waals surface area contributed by atoms with Gasteiger partial charge in [-0.2, -0.15) is 0 Å². The minimum absolute atomic E-state index is 0. The van der Waals surface area contributed by atoms with Crippen molar-refractivity contribution in [3.05, 3.63) is 0 Å². The van der Waals surface area contributed by atoms with Gasteiger partial charge in [0.2, 0.25) is 0 Å². The van der Waals surface area contributed by atoms with Crippen LogP contribution >= 0.6 is 0 Å². The Balaban J connectivity index is -0.000000258. The summed E-state index contributed by atoms with van der Waals surface area (Å²) in [6.45, 7) is 6.80. The van der Waals surface area contributed by atoms with Crippen molar-refractivity contribution < 1.29 is 98.2 Å². The smallest absolute Gasteiger partial charge is 0.550 e. The molecule has 0 unspecified atom stereocenters. The molecule has 0 saturated heterocycles. The van der Waals surface area contributed by atoms with E-state index in [1.807, 2.05) is 0 Å². The summed E-state index contributed by atoms with van der Waals surface area (Å²) in [7, 11) is 0. The van der Waals surface area contributed by atoms with Gasteiger partial charge in [-0.15, -0.1) is 0 Å². The van der Waals surface area contributed by atoms with Gasteiger partial charge >= 0.3 is 68.5 Å². The first-order chi connectivity index (χ1) is 29.3. The van der Waals surface area contributed by atoms with E-state index in [1.54, 1.807) is 0 Å². The summed E-state index contributed by atoms with van der Waals surface area (Å²) in [5.41, 5.74) is 0. The van der Waals surface area contributed by atoms with Crippen LogP contribution in [0.2, 0.25) is 0 Å². The van der Waals surface area contributed by atoms with E-state index in [9.17, 15) is 29.7 Å². The molecule has 0 aromatic rings. The number of hydrogen-bond acceptors (Lipinski definition) is 6. The quantitative estimate of drug-likeness (QED) is 0.0442. The summed E-state index contributed by atoms with van der Waals surface area (Å²) >= 11 is 0. The van der Waals surface area contributed by atoms with E-state index < -0.39 is 17.9 Å². The van der Waals surface area contributed by atoms with Crippen LogP contribution < -0.4 is 66.7 Å². The molecule has 0 N–H and O–H groups in total. The van der Waals surface area contributed by atoms with E-state index in [2.05, 4.69) is 20.8 Å². The average molecular weight is 953 g/mol. The summed E-state index contributed by atoms with van der Waals surface area (Å²) in [6.07, 6.45) is 59.6. The Morgan fingerprint density at radius 3 is 0.419 bits per heavy atom. The molecule has 62 heavy (non-hydrogen) atoms. The predicted octanol–water partition coefficient (Wildman–Crippen LogP) is 12.0. The number of rotatable bonds is 48. The third kappa shape index (κ3) is 80.8. The fourth-order valence-corrected chi connectivity index (χ4v) is 7.92. The van der Waals surface area contributed by atoms with Crippen molar-refractivity contribution in [3.63, 3.8) is 0 Å². The van der Waals surface area contributed by atoms with E-state index in [0.717, 1.165) is 38.5 Å². The van der Waals surface area contributed by atoms with Crippen molar-refractivity contribution in [3.8, 4) is 0 Å². The Kier molecular flexibility index (Phi) is 78.7. The van der Waals surface area contributed by atoms with Crippen LogP contribution in [0, 0.1) is 0 Å². The van der Waals surface area contributed by atoms with Gasteiger partial charge < -0.3 is 29.7 Å². The van der Waals surface area contributed by atoms with Gasteiger partial charge in [-0.05, 0) is 38.5 Å². The summed E-state index contributed by atoms with van der Waals surface area (Å²) in [6, 6.07) is 0. The van der Waals surface area contributed by atoms with Crippen molar-refractivity contribution in [1.29, 1.82) is 0 Å². The molecule has 0 saturated carbocycles. The molecule has 0 aliphatic carbocycles. The zero-order valence-electron chi connectivity index (χ0n) is 42.2. The Hall–Kier alpha value is 0.566. The summed E-state index contributed by atoms with van der Waals surface area (Å²) < 4.78 is 0. The molecular formula is C54H105CuKO6. The zero-order chi connectivity index (χ0) is 44.7. The number of carbonyl (C=O) groups excluding carboxylic acids is 3. The SMILES string of the molecule is CCCCCCCCCCCCCCCCCC(=O)[O-].CCCCCCCCCCCCCCCCCC(=O)[O-].CCCCCCCCCCCCCCCCCC(=O)[O-].[Cu+2].[K+]. The number of unbranched alkanes of at least 4 members (excludes halogenated alkanes) is 42. The van der Waals surface area contributed by atoms with Gasteiger partial charge in [-0.3, -0.25) is 0 Å². The maximum atomic E-state index is 10.2. The molecule has 0 fully saturated rings. The van der Waals surface area contributed by atoms with Crippen molar-refractivity contribution in [2.45, 2.75) is 329 Å². The minimum Gasteiger partial charge on any atom is -0.550 e. The molecule has 8 heteroatoms. The molecule has 0 rings (SSSR count). The Morgan fingerprint density at radius 2 is 0.323 bits per heavy atom. The summed E-state index contributed by atoms with van der Waals surface area (Å²) in [5.74, 6) is -2.71. The second-order valence-corrected chi connectivity index (χ2v) is 18.2. The second-order valence-electron chi connectivity index (χ2n) is 18.2. The van der Waals surface area contributed by atoms with Gasteiger partial charge in [0.15, 0.2) is 0 Å². The molecule has 6 nitrogen and oxygen atoms in total. The standard InChI is InChI=1S/3C18H36O2.Cu.K/c3*1-2-3-4-5-6-7-8-9-10-11-12-13-14-15-16-17-18(19)20;;/h3*2-17H2,1H3,(H,19,20);;/q;;;+2;+1/p-3. The average Bonchev–Trinajstić information content (AvgIpc) is 3.22. The molecule has 0 aliphatic heterocycles. The largest absolute Gasteiger partial charge is 2.00 e. The first-order valence-electron chi connectivity index (χ1n) is 26.9. The topological polar surface area (TPSA) is 120 Å². The van der Waals surface area contributed by atoms with Crippen molar-refractivity contribution in [2.75, 3.05) is 0 Å². The van der Waals surface area contributed by atoms with E-state index in [-0.39, 0.29) is 87.7 Å². The molecule has 0 aliphatic rings. The van der Waals surface area contributed by atoms with Crippen LogP contribution in [0.15, 0.2) is 0 Å². The molecule has 0 heterocycles. The first-order valence-corrected chi connectivity index (χ1v) is 26.9. The minimum atomic E-state index is -0.903. The number of carboxylic acid groups (broad SMARTS) is 3. The van der Waals surface area contributed by atoms with E-state index >= 15 is 0 Å². The van der Waals surface area contributed by atoms with Gasteiger partial charge in [0, 0.05) is 17.9 Å². The molecule has 369 valence electrons. The van der Waals surface area contributed by atoms with Crippen LogP contribution in [-0.4, -0.2) is 17.9 Å². The van der Waals surface area contributed by atoms with E-state index in [0.29, 0.717) is 0 Å². The summed E-state index contributed by atoms with van der Waals surface area (Å²) in [5, 5.41) is 30.7. The van der Waals surface area contributed by atoms with Crippen LogP contribution in [0.25, 0.3) is 0 Å². The van der Waals surface area contributed by atoms with Crippen LogP contribution in [-0.2, 0) is 31.5 Å². The van der Waals surface area contributed by atoms with Crippen LogP contribution in [0.4, 0.5) is 0 Å². The normalized spacial score (nSPS) is 10.5. The third-order valence-corrected chi connectivity index (χ3v) is 12.0. The monoisotopic (exact) mass is 952 g/mol. The van der Waals surface area contributed by atoms with Gasteiger partial charge in [-0.1, -0.05) is 290 Å². The predicted molar refractivity (Wildman–Crippen MR) is 254 cm³/mol. The zero-order valence-corrected chi connectivity index (χ0v) is 46.3. The molecule has 1 radical (unpaired) electrons. The number of carbonyl (C=O) groups is 3. The van der Waals surface area contributed by atoms with Gasteiger partial charge in [-0.25, -0.2) is 0 Å². The van der Waals surface area contributed by atoms with Gasteiger partial charge in [0.1, 0.15) is 0 Å². The first kappa shape index (κ1) is 71.6. The van der Waals surface area contributed by atoms with E-state index in [1.165, 1.54) is 250 Å². The number of carboxylic acids is 3. The molecule has 0 amide bonds. The maximum absolute atomic E-state index is 10.2. The molecule has 0 aromatic carbocycles. The third-order valence-electron chi connectivity index (χ3n) is 12.0. The van der Waals surface area contributed by atoms with Crippen LogP contribution in [0.3, 0.4) is 0 Å². The number of hydrogen-bond donors (Lipinski definition) is 0. The Labute approximate surface area is 440 Å². The number of aliphatic carboxylic acids is 3. The Morgan fingerprint density at radius 1 is 0.226 bits per heavy atom. The second kappa shape index (κ2) is 68.1. The van der Waals surface area contributed by atoms with Crippen molar-refractivity contribution >= 4 is 17.9 Å². The fraction of sp³-hybridized carbons (Fsp3) is 0.944. The molecular weight excluding hydrogens is 847 g/mol. The fourth-order valence-electron chi connectivity index (χ4n) is 7.92. The molecule has 0 bridgehead atoms. The van der Waals surface area contributed by atoms with Crippen LogP contribution in [0.5, 0.6) is 0 Å². The maximum Gasteiger partial charge on any atom is 2.00 e.